The highest BCUT2D eigenvalue weighted by Crippen LogP contribution is 2.32. The zero-order valence-corrected chi connectivity index (χ0v) is 19.6. The number of nitrogens with one attached hydrogen (secondary N) is 3. The first-order valence-corrected chi connectivity index (χ1v) is 11.8. The van der Waals surface area contributed by atoms with E-state index in [-0.39, 0.29) is 12.6 Å². The van der Waals surface area contributed by atoms with Crippen LogP contribution in [0.2, 0.25) is 0 Å². The maximum Gasteiger partial charge on any atom is 0.173 e. The number of amidine groups is 1. The van der Waals surface area contributed by atoms with Gasteiger partial charge in [-0.1, -0.05) is 18.2 Å². The third-order valence-corrected chi connectivity index (χ3v) is 6.40. The monoisotopic (exact) mass is 465 g/mol. The lowest BCUT2D eigenvalue weighted by Crippen LogP contribution is -2.31. The molecular weight excluding hydrogens is 433 g/mol. The number of aromatic nitrogens is 3. The number of hydrogen-bond acceptors (Lipinski definition) is 6. The molecular formula is C25H32FN7O. The maximum atomic E-state index is 14.0. The minimum absolute atomic E-state index is 0.0671. The molecule has 2 aliphatic rings. The third kappa shape index (κ3) is 5.48. The van der Waals surface area contributed by atoms with E-state index in [4.69, 9.17) is 10.1 Å². The van der Waals surface area contributed by atoms with E-state index in [1.165, 1.54) is 18.9 Å². The standard InChI is InChI=1S/C25H32FN7O/c1-3-34-16-31-25-22(23(27)28-2)32-24(20-12-21(26)14-30-13-20)33(25)15-17-4-6-18(7-5-17)19-8-10-29-11-9-19/h4-6,12-14,18-19,27,29,31H,2-3,7-11,15-16H2,1H3. The first kappa shape index (κ1) is 24.0. The number of hydrogen-bond donors (Lipinski definition) is 3. The number of nitrogens with zero attached hydrogens (tertiary/aromatic N) is 4. The van der Waals surface area contributed by atoms with Gasteiger partial charge < -0.3 is 19.9 Å². The predicted molar refractivity (Wildman–Crippen MR) is 133 cm³/mol. The first-order chi connectivity index (χ1) is 16.6. The molecule has 1 aliphatic carbocycles. The maximum absolute atomic E-state index is 14.0. The van der Waals surface area contributed by atoms with Crippen molar-refractivity contribution in [3.05, 3.63) is 53.8 Å². The molecule has 1 saturated heterocycles. The summed E-state index contributed by atoms with van der Waals surface area (Å²) in [6, 6.07) is 1.39. The van der Waals surface area contributed by atoms with Crippen LogP contribution in [0.15, 0.2) is 47.3 Å². The van der Waals surface area contributed by atoms with Crippen LogP contribution >= 0.6 is 0 Å². The fraction of sp³-hybridized carbons (Fsp3) is 0.440. The molecule has 0 bridgehead atoms. The molecule has 1 aliphatic heterocycles. The Morgan fingerprint density at radius 1 is 1.38 bits per heavy atom. The molecule has 4 rings (SSSR count). The molecule has 0 radical (unpaired) electrons. The van der Waals surface area contributed by atoms with Crippen molar-refractivity contribution in [3.63, 3.8) is 0 Å². The minimum Gasteiger partial charge on any atom is -0.362 e. The summed E-state index contributed by atoms with van der Waals surface area (Å²) in [5, 5.41) is 14.9. The minimum atomic E-state index is -0.448. The zero-order valence-electron chi connectivity index (χ0n) is 19.6. The van der Waals surface area contributed by atoms with Crippen LogP contribution in [0, 0.1) is 23.1 Å². The van der Waals surface area contributed by atoms with E-state index in [1.807, 2.05) is 11.5 Å². The molecule has 0 amide bonds. The van der Waals surface area contributed by atoms with Crippen LogP contribution in [0.3, 0.4) is 0 Å². The van der Waals surface area contributed by atoms with Gasteiger partial charge in [0.05, 0.1) is 12.7 Å². The fourth-order valence-electron chi connectivity index (χ4n) is 4.61. The highest BCUT2D eigenvalue weighted by atomic mass is 19.1. The van der Waals surface area contributed by atoms with Crippen LogP contribution in [-0.2, 0) is 11.3 Å². The molecule has 180 valence electrons. The molecule has 2 aromatic heterocycles. The molecule has 1 fully saturated rings. The molecule has 34 heavy (non-hydrogen) atoms. The van der Waals surface area contributed by atoms with Gasteiger partial charge in [-0.05, 0) is 69.5 Å². The second-order valence-corrected chi connectivity index (χ2v) is 8.56. The number of ether oxygens (including phenoxy) is 1. The highest BCUT2D eigenvalue weighted by Gasteiger charge is 2.25. The summed E-state index contributed by atoms with van der Waals surface area (Å²) < 4.78 is 21.4. The van der Waals surface area contributed by atoms with Gasteiger partial charge in [0.25, 0.3) is 0 Å². The number of allylic oxidation sites excluding steroid dienone is 4. The molecule has 8 nitrogen and oxygen atoms in total. The van der Waals surface area contributed by atoms with Crippen molar-refractivity contribution in [2.24, 2.45) is 16.8 Å². The van der Waals surface area contributed by atoms with Gasteiger partial charge in [-0.25, -0.2) is 14.4 Å². The highest BCUT2D eigenvalue weighted by molar-refractivity contribution is 6.02. The molecule has 3 heterocycles. The third-order valence-electron chi connectivity index (χ3n) is 6.40. The van der Waals surface area contributed by atoms with E-state index in [9.17, 15) is 4.39 Å². The first-order valence-electron chi connectivity index (χ1n) is 11.8. The second-order valence-electron chi connectivity index (χ2n) is 8.56. The fourth-order valence-corrected chi connectivity index (χ4v) is 4.61. The van der Waals surface area contributed by atoms with Gasteiger partial charge in [-0.3, -0.25) is 10.4 Å². The Morgan fingerprint density at radius 3 is 2.88 bits per heavy atom. The second kappa shape index (κ2) is 11.3. The zero-order chi connectivity index (χ0) is 23.9. The Balaban J connectivity index is 1.66. The number of imidazole rings is 1. The van der Waals surface area contributed by atoms with Crippen molar-refractivity contribution in [1.29, 1.82) is 5.41 Å². The van der Waals surface area contributed by atoms with E-state index < -0.39 is 5.82 Å². The SMILES string of the molecule is C=NC(=N)c1nc(-c2cncc(F)c2)n(CC2=CCC(C3CCNCC3)C=C2)c1NCOCC. The van der Waals surface area contributed by atoms with Crippen LogP contribution in [0.4, 0.5) is 10.2 Å². The average molecular weight is 466 g/mol. The Bertz CT molecular complexity index is 1080. The van der Waals surface area contributed by atoms with E-state index in [0.717, 1.165) is 31.3 Å². The van der Waals surface area contributed by atoms with Crippen LogP contribution < -0.4 is 10.6 Å². The molecule has 2 aromatic rings. The number of halogens is 1. The molecule has 1 atom stereocenters. The summed E-state index contributed by atoms with van der Waals surface area (Å²) in [5.74, 6) is 1.85. The van der Waals surface area contributed by atoms with Gasteiger partial charge in [-0.2, -0.15) is 0 Å². The quantitative estimate of drug-likeness (QED) is 0.225. The van der Waals surface area contributed by atoms with Gasteiger partial charge >= 0.3 is 0 Å². The summed E-state index contributed by atoms with van der Waals surface area (Å²) in [6.07, 6.45) is 12.9. The van der Waals surface area contributed by atoms with E-state index >= 15 is 0 Å². The molecule has 0 saturated carbocycles. The molecule has 3 N–H and O–H groups in total. The summed E-state index contributed by atoms with van der Waals surface area (Å²) in [6.45, 7) is 8.87. The summed E-state index contributed by atoms with van der Waals surface area (Å²) >= 11 is 0. The topological polar surface area (TPSA) is 100 Å². The van der Waals surface area contributed by atoms with E-state index in [2.05, 4.69) is 50.5 Å². The predicted octanol–water partition coefficient (Wildman–Crippen LogP) is 4.02. The Labute approximate surface area is 199 Å². The lowest BCUT2D eigenvalue weighted by molar-refractivity contribution is 0.166. The normalized spacial score (nSPS) is 18.5. The smallest absolute Gasteiger partial charge is 0.173 e. The lowest BCUT2D eigenvalue weighted by Gasteiger charge is -2.30. The van der Waals surface area contributed by atoms with Gasteiger partial charge in [0.1, 0.15) is 29.9 Å². The van der Waals surface area contributed by atoms with Crippen LogP contribution in [0.1, 0.15) is 31.9 Å². The molecule has 0 aromatic carbocycles. The van der Waals surface area contributed by atoms with Gasteiger partial charge in [0, 0.05) is 18.4 Å². The Hall–Kier alpha value is -3.17. The van der Waals surface area contributed by atoms with Crippen LogP contribution in [-0.4, -0.2) is 53.5 Å². The average Bonchev–Trinajstić information content (AvgIpc) is 3.22. The van der Waals surface area contributed by atoms with Gasteiger partial charge in [0.15, 0.2) is 5.84 Å². The number of piperidine rings is 1. The summed E-state index contributed by atoms with van der Waals surface area (Å²) in [7, 11) is 0. The van der Waals surface area contributed by atoms with Crippen LogP contribution in [0.5, 0.6) is 0 Å². The largest absolute Gasteiger partial charge is 0.362 e. The number of anilines is 1. The molecule has 9 heteroatoms. The van der Waals surface area contributed by atoms with Crippen LogP contribution in [0.25, 0.3) is 11.4 Å². The van der Waals surface area contributed by atoms with Crippen molar-refractivity contribution in [1.82, 2.24) is 19.9 Å². The Morgan fingerprint density at radius 2 is 2.21 bits per heavy atom. The molecule has 1 unspecified atom stereocenters. The van der Waals surface area contributed by atoms with Gasteiger partial charge in [0.2, 0.25) is 0 Å². The summed E-state index contributed by atoms with van der Waals surface area (Å²) in [5.41, 5.74) is 2.00. The number of rotatable bonds is 9. The van der Waals surface area contributed by atoms with Crippen molar-refractivity contribution in [2.45, 2.75) is 32.7 Å². The Kier molecular flexibility index (Phi) is 7.97. The van der Waals surface area contributed by atoms with Crippen molar-refractivity contribution in [3.8, 4) is 11.4 Å². The molecule has 0 spiro atoms. The van der Waals surface area contributed by atoms with Crippen molar-refractivity contribution in [2.75, 3.05) is 31.7 Å². The van der Waals surface area contributed by atoms with Gasteiger partial charge in [-0.15, -0.1) is 0 Å². The summed E-state index contributed by atoms with van der Waals surface area (Å²) in [4.78, 5) is 12.4. The number of aliphatic imine (C=N–C) groups is 1. The van der Waals surface area contributed by atoms with Crippen molar-refractivity contribution < 1.29 is 9.13 Å². The lowest BCUT2D eigenvalue weighted by atomic mass is 9.80. The van der Waals surface area contributed by atoms with Crippen molar-refractivity contribution >= 4 is 18.4 Å². The van der Waals surface area contributed by atoms with E-state index in [1.54, 1.807) is 6.20 Å². The van der Waals surface area contributed by atoms with E-state index in [0.29, 0.717) is 47.9 Å². The number of pyridine rings is 1.